The molecule has 0 aromatic carbocycles. The summed E-state index contributed by atoms with van der Waals surface area (Å²) < 4.78 is 63.1. The van der Waals surface area contributed by atoms with E-state index in [1.54, 1.807) is 0 Å². The minimum atomic E-state index is -4.63. The summed E-state index contributed by atoms with van der Waals surface area (Å²) in [5.41, 5.74) is -2.71. The lowest BCUT2D eigenvalue weighted by Crippen LogP contribution is -2.68. The van der Waals surface area contributed by atoms with Gasteiger partial charge in [-0.3, -0.25) is 14.3 Å². The summed E-state index contributed by atoms with van der Waals surface area (Å²) in [7, 11) is -3.80. The maximum atomic E-state index is 12.7. The van der Waals surface area contributed by atoms with Gasteiger partial charge in [-0.15, -0.1) is 0 Å². The molecule has 2 amide bonds. The molecule has 1 aliphatic rings. The lowest BCUT2D eigenvalue weighted by atomic mass is 9.85. The molecule has 1 aliphatic heterocycles. The molecule has 2 heterocycles. The first-order valence-electron chi connectivity index (χ1n) is 7.73. The van der Waals surface area contributed by atoms with Crippen LogP contribution in [-0.2, 0) is 21.0 Å². The largest absolute Gasteiger partial charge is 0.433 e. The van der Waals surface area contributed by atoms with Gasteiger partial charge in [0.2, 0.25) is 10.0 Å². The Hall–Kier alpha value is -2.17. The van der Waals surface area contributed by atoms with Crippen molar-refractivity contribution in [3.63, 3.8) is 0 Å². The Morgan fingerprint density at radius 2 is 1.96 bits per heavy atom. The molecule has 11 heteroatoms. The first-order chi connectivity index (χ1) is 11.8. The predicted molar refractivity (Wildman–Crippen MR) is 85.6 cm³/mol. The number of pyridine rings is 1. The highest BCUT2D eigenvalue weighted by Crippen LogP contribution is 2.34. The number of carbonyl (C=O) groups excluding carboxylic acids is 2. The summed E-state index contributed by atoms with van der Waals surface area (Å²) >= 11 is 0. The van der Waals surface area contributed by atoms with Crippen LogP contribution in [0.2, 0.25) is 0 Å². The van der Waals surface area contributed by atoms with Gasteiger partial charge >= 0.3 is 6.18 Å². The van der Waals surface area contributed by atoms with Gasteiger partial charge in [0.25, 0.3) is 11.8 Å². The lowest BCUT2D eigenvalue weighted by molar-refractivity contribution is -0.141. The second-order valence-corrected chi connectivity index (χ2v) is 8.15. The number of amides is 2. The highest BCUT2D eigenvalue weighted by atomic mass is 32.2. The van der Waals surface area contributed by atoms with Crippen LogP contribution in [0, 0.1) is 6.92 Å². The molecule has 26 heavy (non-hydrogen) atoms. The highest BCUT2D eigenvalue weighted by Gasteiger charge is 2.50. The Kier molecular flexibility index (Phi) is 5.06. The van der Waals surface area contributed by atoms with Crippen molar-refractivity contribution in [1.82, 2.24) is 14.6 Å². The van der Waals surface area contributed by atoms with E-state index in [0.29, 0.717) is 6.07 Å². The molecule has 0 bridgehead atoms. The Morgan fingerprint density at radius 3 is 2.38 bits per heavy atom. The van der Waals surface area contributed by atoms with E-state index in [0.717, 1.165) is 11.0 Å². The third kappa shape index (κ3) is 3.67. The molecule has 1 aromatic heterocycles. The van der Waals surface area contributed by atoms with Crippen LogP contribution in [0.1, 0.15) is 42.0 Å². The molecule has 1 aromatic rings. The van der Waals surface area contributed by atoms with E-state index in [-0.39, 0.29) is 30.0 Å². The molecular formula is C15H18F3N3O4S. The number of hydrogen-bond acceptors (Lipinski definition) is 5. The van der Waals surface area contributed by atoms with E-state index in [1.165, 1.54) is 20.8 Å². The maximum absolute atomic E-state index is 12.7. The van der Waals surface area contributed by atoms with Crippen molar-refractivity contribution in [1.29, 1.82) is 0 Å². The predicted octanol–water partition coefficient (Wildman–Crippen LogP) is 1.48. The second kappa shape index (κ2) is 6.53. The molecule has 0 spiro atoms. The number of alkyl halides is 3. The molecule has 0 aliphatic carbocycles. The van der Waals surface area contributed by atoms with Crippen molar-refractivity contribution in [2.24, 2.45) is 0 Å². The molecule has 144 valence electrons. The van der Waals surface area contributed by atoms with Crippen molar-refractivity contribution < 1.29 is 31.2 Å². The van der Waals surface area contributed by atoms with Crippen LogP contribution in [-0.4, -0.2) is 48.0 Å². The minimum Gasteiger partial charge on any atom is -0.324 e. The molecule has 1 atom stereocenters. The van der Waals surface area contributed by atoms with Gasteiger partial charge < -0.3 is 4.90 Å². The zero-order chi connectivity index (χ0) is 19.9. The molecule has 0 saturated carbocycles. The number of hydrogen-bond donors (Lipinski definition) is 1. The third-order valence-electron chi connectivity index (χ3n) is 4.39. The topological polar surface area (TPSA) is 96.4 Å². The third-order valence-corrected chi connectivity index (χ3v) is 5.64. The summed E-state index contributed by atoms with van der Waals surface area (Å²) in [4.78, 5) is 29.5. The lowest BCUT2D eigenvalue weighted by Gasteiger charge is -2.48. The van der Waals surface area contributed by atoms with Crippen LogP contribution in [0.15, 0.2) is 12.1 Å². The molecule has 0 radical (unpaired) electrons. The van der Waals surface area contributed by atoms with Gasteiger partial charge in [0, 0.05) is 6.54 Å². The minimum absolute atomic E-state index is 0.0740. The summed E-state index contributed by atoms with van der Waals surface area (Å²) in [5, 5.41) is 0. The van der Waals surface area contributed by atoms with Crippen LogP contribution in [0.5, 0.6) is 0 Å². The summed E-state index contributed by atoms with van der Waals surface area (Å²) in [6.07, 6.45) is -4.40. The van der Waals surface area contributed by atoms with E-state index in [9.17, 15) is 31.2 Å². The standard InChI is InChI=1S/C15H18F3N3O4S/c1-4-26(24,25)20-13(23)14(3)7-8-21(14)12(22)10-5-6-11(15(16,17)18)19-9(10)2/h5-6H,4,7-8H2,1-3H3,(H,20,23). The number of nitrogens with zero attached hydrogens (tertiary/aromatic N) is 2. The molecule has 2 rings (SSSR count). The normalized spacial score (nSPS) is 20.5. The first kappa shape index (κ1) is 20.1. The van der Waals surface area contributed by atoms with Crippen molar-refractivity contribution in [3.05, 3.63) is 29.1 Å². The first-order valence-corrected chi connectivity index (χ1v) is 9.39. The molecule has 1 fully saturated rings. The molecule has 1 unspecified atom stereocenters. The summed E-state index contributed by atoms with van der Waals surface area (Å²) in [5.74, 6) is -1.83. The van der Waals surface area contributed by atoms with Gasteiger partial charge in [0.1, 0.15) is 11.2 Å². The SMILES string of the molecule is CCS(=O)(=O)NC(=O)C1(C)CCN1C(=O)c1ccc(C(F)(F)F)nc1C. The van der Waals surface area contributed by atoms with Crippen LogP contribution in [0.25, 0.3) is 0 Å². The van der Waals surface area contributed by atoms with Crippen LogP contribution < -0.4 is 4.72 Å². The quantitative estimate of drug-likeness (QED) is 0.836. The number of carbonyl (C=O) groups is 2. The molecule has 7 nitrogen and oxygen atoms in total. The van der Waals surface area contributed by atoms with Crippen molar-refractivity contribution >= 4 is 21.8 Å². The van der Waals surface area contributed by atoms with E-state index < -0.39 is 39.2 Å². The number of likely N-dealkylation sites (tertiary alicyclic amines) is 1. The average molecular weight is 393 g/mol. The van der Waals surface area contributed by atoms with Gasteiger partial charge in [-0.1, -0.05) is 0 Å². The fraction of sp³-hybridized carbons (Fsp3) is 0.533. The molecular weight excluding hydrogens is 375 g/mol. The Labute approximate surface area is 148 Å². The smallest absolute Gasteiger partial charge is 0.324 e. The van der Waals surface area contributed by atoms with E-state index in [1.807, 2.05) is 4.72 Å². The van der Waals surface area contributed by atoms with Crippen molar-refractivity contribution in [2.45, 2.75) is 38.9 Å². The average Bonchev–Trinajstić information content (AvgIpc) is 2.51. The fourth-order valence-corrected chi connectivity index (χ4v) is 3.18. The fourth-order valence-electron chi connectivity index (χ4n) is 2.53. The summed E-state index contributed by atoms with van der Waals surface area (Å²) in [6.45, 7) is 4.21. The Bertz CT molecular complexity index is 854. The van der Waals surface area contributed by atoms with Crippen molar-refractivity contribution in [2.75, 3.05) is 12.3 Å². The zero-order valence-corrected chi connectivity index (χ0v) is 15.2. The number of aryl methyl sites for hydroxylation is 1. The van der Waals surface area contributed by atoms with Crippen LogP contribution in [0.3, 0.4) is 0 Å². The highest BCUT2D eigenvalue weighted by molar-refractivity contribution is 7.90. The zero-order valence-electron chi connectivity index (χ0n) is 14.3. The Balaban J connectivity index is 2.26. The monoisotopic (exact) mass is 393 g/mol. The van der Waals surface area contributed by atoms with Gasteiger partial charge in [-0.25, -0.2) is 13.4 Å². The number of nitrogens with one attached hydrogen (secondary N) is 1. The van der Waals surface area contributed by atoms with Crippen LogP contribution >= 0.6 is 0 Å². The number of halogens is 3. The summed E-state index contributed by atoms with van der Waals surface area (Å²) in [6, 6.07) is 1.70. The van der Waals surface area contributed by atoms with Gasteiger partial charge in [0.15, 0.2) is 0 Å². The number of aromatic nitrogens is 1. The van der Waals surface area contributed by atoms with E-state index in [2.05, 4.69) is 4.98 Å². The second-order valence-electron chi connectivity index (χ2n) is 6.14. The van der Waals surface area contributed by atoms with Crippen LogP contribution in [0.4, 0.5) is 13.2 Å². The number of sulfonamides is 1. The number of rotatable bonds is 4. The maximum Gasteiger partial charge on any atom is 0.433 e. The van der Waals surface area contributed by atoms with Gasteiger partial charge in [-0.05, 0) is 39.3 Å². The van der Waals surface area contributed by atoms with E-state index in [4.69, 9.17) is 0 Å². The van der Waals surface area contributed by atoms with Crippen molar-refractivity contribution in [3.8, 4) is 0 Å². The van der Waals surface area contributed by atoms with E-state index >= 15 is 0 Å². The molecule has 1 N–H and O–H groups in total. The molecule has 1 saturated heterocycles. The van der Waals surface area contributed by atoms with Gasteiger partial charge in [0.05, 0.1) is 17.0 Å². The van der Waals surface area contributed by atoms with Gasteiger partial charge in [-0.2, -0.15) is 13.2 Å². The Morgan fingerprint density at radius 1 is 1.35 bits per heavy atom.